The van der Waals surface area contributed by atoms with Crippen LogP contribution in [0.4, 0.5) is 0 Å². The van der Waals surface area contributed by atoms with E-state index in [4.69, 9.17) is 5.84 Å². The van der Waals surface area contributed by atoms with Crippen molar-refractivity contribution in [2.24, 2.45) is 11.8 Å². The maximum atomic E-state index is 12.8. The van der Waals surface area contributed by atoms with Crippen LogP contribution in [-0.2, 0) is 22.9 Å². The van der Waals surface area contributed by atoms with Gasteiger partial charge in [0.1, 0.15) is 0 Å². The van der Waals surface area contributed by atoms with Gasteiger partial charge in [0.05, 0.1) is 4.90 Å². The maximum Gasteiger partial charge on any atom is 0.253 e. The van der Waals surface area contributed by atoms with E-state index in [9.17, 15) is 13.2 Å². The van der Waals surface area contributed by atoms with Crippen molar-refractivity contribution in [1.29, 1.82) is 0 Å². The number of benzene rings is 2. The smallest absolute Gasteiger partial charge is 0.253 e. The van der Waals surface area contributed by atoms with Crippen LogP contribution in [0.15, 0.2) is 53.4 Å². The van der Waals surface area contributed by atoms with Crippen molar-refractivity contribution < 1.29 is 13.2 Å². The average molecular weight is 316 g/mol. The van der Waals surface area contributed by atoms with Crippen molar-refractivity contribution in [3.63, 3.8) is 0 Å². The molecule has 0 aromatic heterocycles. The van der Waals surface area contributed by atoms with Gasteiger partial charge in [0.25, 0.3) is 10.0 Å². The zero-order valence-corrected chi connectivity index (χ0v) is 12.6. The summed E-state index contributed by atoms with van der Waals surface area (Å²) in [4.78, 5) is 14.5. The molecule has 0 spiro atoms. The minimum absolute atomic E-state index is 0.0709. The van der Waals surface area contributed by atoms with Crippen LogP contribution in [0.5, 0.6) is 0 Å². The molecule has 1 aliphatic rings. The zero-order valence-electron chi connectivity index (χ0n) is 11.8. The molecule has 0 radical (unpaired) electrons. The number of carbonyl (C=O) groups is 1. The van der Waals surface area contributed by atoms with Crippen LogP contribution >= 0.6 is 0 Å². The van der Waals surface area contributed by atoms with Crippen molar-refractivity contribution >= 4 is 15.8 Å². The number of Topliss-reactive ketones (excluding diaryl/α,β-unsaturated/α-hetero) is 1. The van der Waals surface area contributed by atoms with E-state index in [1.165, 1.54) is 12.1 Å². The van der Waals surface area contributed by atoms with Crippen LogP contribution in [0.2, 0.25) is 0 Å². The van der Waals surface area contributed by atoms with Gasteiger partial charge < -0.3 is 0 Å². The summed E-state index contributed by atoms with van der Waals surface area (Å²) >= 11 is 0. The third-order valence-corrected chi connectivity index (χ3v) is 5.26. The second kappa shape index (κ2) is 5.64. The molecular formula is C16H16N2O3S. The summed E-state index contributed by atoms with van der Waals surface area (Å²) in [6, 6.07) is 14.1. The summed E-state index contributed by atoms with van der Waals surface area (Å²) in [6.45, 7) is 0. The van der Waals surface area contributed by atoms with E-state index in [1.54, 1.807) is 17.0 Å². The number of sulfonamides is 1. The third-order valence-electron chi connectivity index (χ3n) is 4.02. The van der Waals surface area contributed by atoms with Crippen LogP contribution in [0.25, 0.3) is 0 Å². The Bertz CT molecular complexity index is 806. The number of hydrazine groups is 1. The summed E-state index contributed by atoms with van der Waals surface area (Å²) in [6.07, 6.45) is 1.28. The number of nitrogens with two attached hydrogens (primary N) is 1. The van der Waals surface area contributed by atoms with Gasteiger partial charge in [0, 0.05) is 11.5 Å². The fourth-order valence-corrected chi connectivity index (χ4v) is 3.78. The molecule has 6 heteroatoms. The SMILES string of the molecule is NNS(=O)(=O)c1ccccc1C(=O)C1Cc2ccccc2C1. The lowest BCUT2D eigenvalue weighted by Crippen LogP contribution is -2.32. The summed E-state index contributed by atoms with van der Waals surface area (Å²) in [7, 11) is -3.86. The highest BCUT2D eigenvalue weighted by Gasteiger charge is 2.31. The van der Waals surface area contributed by atoms with Gasteiger partial charge >= 0.3 is 0 Å². The first-order chi connectivity index (χ1) is 10.5. The van der Waals surface area contributed by atoms with E-state index in [1.807, 2.05) is 24.3 Å². The lowest BCUT2D eigenvalue weighted by atomic mass is 9.95. The molecule has 2 aromatic rings. The van der Waals surface area contributed by atoms with E-state index < -0.39 is 10.0 Å². The molecule has 2 aromatic carbocycles. The van der Waals surface area contributed by atoms with Crippen LogP contribution in [0, 0.1) is 5.92 Å². The van der Waals surface area contributed by atoms with E-state index in [-0.39, 0.29) is 22.2 Å². The first kappa shape index (κ1) is 14.9. The molecular weight excluding hydrogens is 300 g/mol. The second-order valence-corrected chi connectivity index (χ2v) is 7.04. The molecule has 0 aliphatic heterocycles. The summed E-state index contributed by atoms with van der Waals surface area (Å²) in [5.41, 5.74) is 2.49. The standard InChI is InChI=1S/C16H16N2O3S/c17-18-22(20,21)15-8-4-3-7-14(15)16(19)13-9-11-5-1-2-6-12(11)10-13/h1-8,13,18H,9-10,17H2. The highest BCUT2D eigenvalue weighted by Crippen LogP contribution is 2.30. The molecule has 0 heterocycles. The summed E-state index contributed by atoms with van der Waals surface area (Å²) in [5, 5.41) is 0. The first-order valence-electron chi connectivity index (χ1n) is 6.95. The number of nitrogens with one attached hydrogen (secondary N) is 1. The first-order valence-corrected chi connectivity index (χ1v) is 8.43. The Morgan fingerprint density at radius 3 is 2.14 bits per heavy atom. The van der Waals surface area contributed by atoms with Gasteiger partial charge in [-0.25, -0.2) is 8.42 Å². The van der Waals surface area contributed by atoms with Crippen molar-refractivity contribution in [2.75, 3.05) is 0 Å². The van der Waals surface area contributed by atoms with Crippen LogP contribution in [-0.4, -0.2) is 14.2 Å². The average Bonchev–Trinajstić information content (AvgIpc) is 2.98. The Balaban J connectivity index is 1.95. The Labute approximate surface area is 129 Å². The molecule has 3 N–H and O–H groups in total. The number of fused-ring (bicyclic) bond motifs is 1. The number of hydrogen-bond donors (Lipinski definition) is 2. The van der Waals surface area contributed by atoms with Crippen molar-refractivity contribution in [1.82, 2.24) is 4.83 Å². The molecule has 0 atom stereocenters. The maximum absolute atomic E-state index is 12.8. The van der Waals surface area contributed by atoms with Gasteiger partial charge in [0.15, 0.2) is 5.78 Å². The minimum atomic E-state index is -3.86. The molecule has 0 saturated carbocycles. The van der Waals surface area contributed by atoms with E-state index in [2.05, 4.69) is 0 Å². The number of hydrogen-bond acceptors (Lipinski definition) is 4. The number of rotatable bonds is 4. The molecule has 3 rings (SSSR count). The Kier molecular flexibility index (Phi) is 3.82. The molecule has 0 saturated heterocycles. The third kappa shape index (κ3) is 2.56. The molecule has 1 aliphatic carbocycles. The van der Waals surface area contributed by atoms with Gasteiger partial charge in [-0.05, 0) is 30.0 Å². The molecule has 5 nitrogen and oxygen atoms in total. The minimum Gasteiger partial charge on any atom is -0.294 e. The summed E-state index contributed by atoms with van der Waals surface area (Å²) < 4.78 is 23.9. The lowest BCUT2D eigenvalue weighted by molar-refractivity contribution is 0.0921. The molecule has 0 bridgehead atoms. The van der Waals surface area contributed by atoms with Crippen LogP contribution < -0.4 is 10.7 Å². The molecule has 22 heavy (non-hydrogen) atoms. The Morgan fingerprint density at radius 1 is 1.00 bits per heavy atom. The normalized spacial score (nSPS) is 14.8. The summed E-state index contributed by atoms with van der Waals surface area (Å²) in [5.74, 6) is 4.69. The largest absolute Gasteiger partial charge is 0.294 e. The van der Waals surface area contributed by atoms with E-state index in [0.29, 0.717) is 12.8 Å². The quantitative estimate of drug-likeness (QED) is 0.507. The van der Waals surface area contributed by atoms with Crippen LogP contribution in [0.1, 0.15) is 21.5 Å². The topological polar surface area (TPSA) is 89.3 Å². The number of ketones is 1. The fourth-order valence-electron chi connectivity index (χ4n) is 2.93. The van der Waals surface area contributed by atoms with Crippen molar-refractivity contribution in [3.05, 3.63) is 65.2 Å². The highest BCUT2D eigenvalue weighted by molar-refractivity contribution is 7.89. The zero-order chi connectivity index (χ0) is 15.7. The van der Waals surface area contributed by atoms with Crippen LogP contribution in [0.3, 0.4) is 0 Å². The van der Waals surface area contributed by atoms with E-state index in [0.717, 1.165) is 11.1 Å². The van der Waals surface area contributed by atoms with Gasteiger partial charge in [0.2, 0.25) is 0 Å². The molecule has 114 valence electrons. The van der Waals surface area contributed by atoms with Gasteiger partial charge in [-0.1, -0.05) is 42.5 Å². The van der Waals surface area contributed by atoms with Gasteiger partial charge in [-0.3, -0.25) is 10.6 Å². The van der Waals surface area contributed by atoms with Crippen molar-refractivity contribution in [2.45, 2.75) is 17.7 Å². The highest BCUT2D eigenvalue weighted by atomic mass is 32.2. The fraction of sp³-hybridized carbons (Fsp3) is 0.188. The monoisotopic (exact) mass is 316 g/mol. The predicted octanol–water partition coefficient (Wildman–Crippen LogP) is 1.44. The van der Waals surface area contributed by atoms with Gasteiger partial charge in [-0.15, -0.1) is 0 Å². The lowest BCUT2D eigenvalue weighted by Gasteiger charge is -2.12. The Hall–Kier alpha value is -2.02. The Morgan fingerprint density at radius 2 is 1.55 bits per heavy atom. The molecule has 0 amide bonds. The molecule has 0 fully saturated rings. The predicted molar refractivity (Wildman–Crippen MR) is 82.6 cm³/mol. The van der Waals surface area contributed by atoms with E-state index >= 15 is 0 Å². The number of carbonyl (C=O) groups excluding carboxylic acids is 1. The molecule has 0 unspecified atom stereocenters. The van der Waals surface area contributed by atoms with Crippen molar-refractivity contribution in [3.8, 4) is 0 Å². The van der Waals surface area contributed by atoms with Gasteiger partial charge in [-0.2, -0.15) is 4.83 Å². The second-order valence-electron chi connectivity index (χ2n) is 5.36.